The van der Waals surface area contributed by atoms with E-state index < -0.39 is 5.60 Å². The number of carbonyl (C=O) groups is 1. The van der Waals surface area contributed by atoms with E-state index in [1.54, 1.807) is 0 Å². The van der Waals surface area contributed by atoms with Crippen molar-refractivity contribution in [1.29, 1.82) is 0 Å². The molecule has 1 fully saturated rings. The van der Waals surface area contributed by atoms with Gasteiger partial charge in [0.1, 0.15) is 5.60 Å². The molecule has 7 heteroatoms. The topological polar surface area (TPSA) is 38.3 Å². The molecule has 2 aromatic rings. The SMILES string of the molecule is O=C(OC1(c2ccc(Br)cc2)CCNCC1)c1cc(I)cc(I)c1I. The number of rotatable bonds is 3. The minimum absolute atomic E-state index is 0.245. The molecule has 132 valence electrons. The molecule has 0 bridgehead atoms. The highest BCUT2D eigenvalue weighted by molar-refractivity contribution is 14.1. The van der Waals surface area contributed by atoms with Gasteiger partial charge in [-0.1, -0.05) is 28.1 Å². The zero-order valence-electron chi connectivity index (χ0n) is 13.1. The summed E-state index contributed by atoms with van der Waals surface area (Å²) in [5.74, 6) is -0.245. The van der Waals surface area contributed by atoms with Gasteiger partial charge in [-0.05, 0) is 111 Å². The van der Waals surface area contributed by atoms with Gasteiger partial charge in [0.05, 0.1) is 5.56 Å². The second kappa shape index (κ2) is 8.70. The van der Waals surface area contributed by atoms with E-state index in [1.807, 2.05) is 30.3 Å². The molecule has 0 aromatic heterocycles. The average Bonchev–Trinajstić information content (AvgIpc) is 2.59. The van der Waals surface area contributed by atoms with Gasteiger partial charge in [-0.3, -0.25) is 0 Å². The van der Waals surface area contributed by atoms with Crippen LogP contribution < -0.4 is 5.32 Å². The number of ether oxygens (including phenoxy) is 1. The predicted octanol–water partition coefficient (Wildman–Crippen LogP) is 5.70. The molecule has 1 aliphatic heterocycles. The molecule has 1 heterocycles. The van der Waals surface area contributed by atoms with Crippen LogP contribution in [0.2, 0.25) is 0 Å². The van der Waals surface area contributed by atoms with Crippen LogP contribution in [0.25, 0.3) is 0 Å². The van der Waals surface area contributed by atoms with Gasteiger partial charge in [0.2, 0.25) is 0 Å². The summed E-state index contributed by atoms with van der Waals surface area (Å²) >= 11 is 10.2. The molecule has 0 aliphatic carbocycles. The maximum absolute atomic E-state index is 13.0. The maximum Gasteiger partial charge on any atom is 0.340 e. The fraction of sp³-hybridized carbons (Fsp3) is 0.278. The maximum atomic E-state index is 13.0. The summed E-state index contributed by atoms with van der Waals surface area (Å²) in [4.78, 5) is 13.0. The lowest BCUT2D eigenvalue weighted by atomic mass is 9.84. The van der Waals surface area contributed by atoms with Crippen molar-refractivity contribution in [2.24, 2.45) is 0 Å². The number of nitrogens with one attached hydrogen (secondary N) is 1. The van der Waals surface area contributed by atoms with Gasteiger partial charge in [0.25, 0.3) is 0 Å². The molecular weight excluding hydrogens is 723 g/mol. The normalized spacial score (nSPS) is 16.5. The molecule has 25 heavy (non-hydrogen) atoms. The van der Waals surface area contributed by atoms with Crippen LogP contribution in [0.15, 0.2) is 40.9 Å². The van der Waals surface area contributed by atoms with Crippen molar-refractivity contribution in [3.8, 4) is 0 Å². The lowest BCUT2D eigenvalue weighted by Crippen LogP contribution is -2.43. The zero-order valence-corrected chi connectivity index (χ0v) is 21.2. The van der Waals surface area contributed by atoms with Crippen molar-refractivity contribution in [3.05, 3.63) is 62.7 Å². The second-order valence-corrected chi connectivity index (χ2v) is 10.3. The quantitative estimate of drug-likeness (QED) is 0.250. The van der Waals surface area contributed by atoms with Gasteiger partial charge >= 0.3 is 5.97 Å². The highest BCUT2D eigenvalue weighted by atomic mass is 127. The van der Waals surface area contributed by atoms with Gasteiger partial charge < -0.3 is 10.1 Å². The van der Waals surface area contributed by atoms with E-state index in [4.69, 9.17) is 4.74 Å². The lowest BCUT2D eigenvalue weighted by Gasteiger charge is -2.37. The Hall–Kier alpha value is 0.540. The molecule has 1 aliphatic rings. The van der Waals surface area contributed by atoms with Crippen molar-refractivity contribution >= 4 is 89.7 Å². The third-order valence-electron chi connectivity index (χ3n) is 4.28. The lowest BCUT2D eigenvalue weighted by molar-refractivity contribution is -0.0379. The number of carbonyl (C=O) groups excluding carboxylic acids is 1. The number of benzene rings is 2. The van der Waals surface area contributed by atoms with E-state index >= 15 is 0 Å². The van der Waals surface area contributed by atoms with Crippen molar-refractivity contribution < 1.29 is 9.53 Å². The number of piperidine rings is 1. The largest absolute Gasteiger partial charge is 0.450 e. The van der Waals surface area contributed by atoms with E-state index in [1.165, 1.54) is 0 Å². The Morgan fingerprint density at radius 2 is 1.72 bits per heavy atom. The number of halogens is 4. The van der Waals surface area contributed by atoms with Crippen LogP contribution in [0.4, 0.5) is 0 Å². The first kappa shape index (κ1) is 20.3. The molecule has 0 saturated carbocycles. The van der Waals surface area contributed by atoms with Crippen molar-refractivity contribution in [1.82, 2.24) is 5.32 Å². The summed E-state index contributed by atoms with van der Waals surface area (Å²) in [5, 5.41) is 3.36. The van der Waals surface area contributed by atoms with Crippen molar-refractivity contribution in [2.45, 2.75) is 18.4 Å². The molecule has 1 N–H and O–H groups in total. The smallest absolute Gasteiger partial charge is 0.340 e. The summed E-state index contributed by atoms with van der Waals surface area (Å²) in [6.45, 7) is 1.68. The highest BCUT2D eigenvalue weighted by Gasteiger charge is 2.38. The van der Waals surface area contributed by atoms with E-state index in [2.05, 4.69) is 95.1 Å². The van der Waals surface area contributed by atoms with Crippen molar-refractivity contribution in [2.75, 3.05) is 13.1 Å². The average molecular weight is 738 g/mol. The minimum Gasteiger partial charge on any atom is -0.450 e. The molecule has 0 atom stereocenters. The van der Waals surface area contributed by atoms with Gasteiger partial charge in [-0.2, -0.15) is 0 Å². The first-order valence-corrected chi connectivity index (χ1v) is 11.8. The fourth-order valence-corrected chi connectivity index (χ4v) is 5.61. The zero-order chi connectivity index (χ0) is 18.0. The molecule has 3 rings (SSSR count). The number of hydrogen-bond acceptors (Lipinski definition) is 3. The van der Waals surface area contributed by atoms with Gasteiger partial charge in [-0.15, -0.1) is 0 Å². The Kier molecular flexibility index (Phi) is 7.06. The Morgan fingerprint density at radius 3 is 2.36 bits per heavy atom. The summed E-state index contributed by atoms with van der Waals surface area (Å²) in [6, 6.07) is 12.1. The molecule has 0 spiro atoms. The Labute approximate surface area is 196 Å². The molecule has 1 saturated heterocycles. The summed E-state index contributed by atoms with van der Waals surface area (Å²) in [5.41, 5.74) is 1.13. The van der Waals surface area contributed by atoms with Crippen LogP contribution in [-0.2, 0) is 10.3 Å². The monoisotopic (exact) mass is 737 g/mol. The predicted molar refractivity (Wildman–Crippen MR) is 128 cm³/mol. The van der Waals surface area contributed by atoms with Gasteiger partial charge in [0, 0.05) is 28.0 Å². The minimum atomic E-state index is -0.571. The molecule has 0 amide bonds. The summed E-state index contributed by atoms with van der Waals surface area (Å²) in [7, 11) is 0. The molecule has 0 radical (unpaired) electrons. The van der Waals surface area contributed by atoms with Crippen LogP contribution in [0.1, 0.15) is 28.8 Å². The van der Waals surface area contributed by atoms with E-state index in [-0.39, 0.29) is 5.97 Å². The van der Waals surface area contributed by atoms with Gasteiger partial charge in [-0.25, -0.2) is 4.79 Å². The molecular formula is C18H15BrI3NO2. The molecule has 2 aromatic carbocycles. The van der Waals surface area contributed by atoms with Gasteiger partial charge in [0.15, 0.2) is 0 Å². The van der Waals surface area contributed by atoms with E-state index in [0.717, 1.165) is 46.7 Å². The first-order chi connectivity index (χ1) is 11.9. The van der Waals surface area contributed by atoms with Crippen LogP contribution >= 0.6 is 83.7 Å². The Balaban J connectivity index is 1.96. The third-order valence-corrected chi connectivity index (χ3v) is 8.48. The molecule has 3 nitrogen and oxygen atoms in total. The number of esters is 1. The van der Waals surface area contributed by atoms with Crippen LogP contribution in [0.3, 0.4) is 0 Å². The third kappa shape index (κ3) is 4.69. The Morgan fingerprint density at radius 1 is 1.08 bits per heavy atom. The second-order valence-electron chi connectivity index (χ2n) is 5.89. The standard InChI is InChI=1S/C18H15BrI3NO2/c19-12-3-1-11(2-4-12)18(5-7-23-8-6-18)25-17(24)14-9-13(20)10-15(21)16(14)22/h1-4,9-10,23H,5-8H2. The fourth-order valence-electron chi connectivity index (χ4n) is 2.97. The Bertz CT molecular complexity index is 790. The molecule has 0 unspecified atom stereocenters. The summed E-state index contributed by atoms with van der Waals surface area (Å²) in [6.07, 6.45) is 1.55. The highest BCUT2D eigenvalue weighted by Crippen LogP contribution is 2.37. The first-order valence-electron chi connectivity index (χ1n) is 7.76. The number of hydrogen-bond donors (Lipinski definition) is 1. The van der Waals surface area contributed by atoms with E-state index in [0.29, 0.717) is 5.56 Å². The van der Waals surface area contributed by atoms with E-state index in [9.17, 15) is 4.79 Å². The van der Waals surface area contributed by atoms with Crippen molar-refractivity contribution in [3.63, 3.8) is 0 Å². The van der Waals surface area contributed by atoms with Crippen LogP contribution in [0.5, 0.6) is 0 Å². The van der Waals surface area contributed by atoms with Crippen LogP contribution in [0, 0.1) is 10.7 Å². The van der Waals surface area contributed by atoms with Crippen LogP contribution in [-0.4, -0.2) is 19.1 Å². The summed E-state index contributed by atoms with van der Waals surface area (Å²) < 4.78 is 10.3.